The Bertz CT molecular complexity index is 858. The zero-order valence-corrected chi connectivity index (χ0v) is 39.0. The molecule has 6 nitrogen and oxygen atoms in total. The third kappa shape index (κ3) is 37.2. The highest BCUT2D eigenvalue weighted by atomic mass is 16.5. The molecule has 0 heterocycles. The predicted octanol–water partition coefficient (Wildman–Crippen LogP) is 14.7. The van der Waals surface area contributed by atoms with Gasteiger partial charge in [-0.2, -0.15) is 0 Å². The van der Waals surface area contributed by atoms with Gasteiger partial charge in [-0.1, -0.05) is 177 Å². The summed E-state index contributed by atoms with van der Waals surface area (Å²) in [6.45, 7) is 19.8. The first kappa shape index (κ1) is 54.9. The quantitative estimate of drug-likeness (QED) is 0.0489. The molecule has 1 N–H and O–H groups in total. The SMILES string of the molecule is CCCCCCCCCC(=O)OCC(C)(C)CCCCCN(CCCCO)CCCCCC(C)(C)CC(=O)OC(CCCCCCCC)CCCCCCCC. The van der Waals surface area contributed by atoms with Crippen LogP contribution in [0, 0.1) is 10.8 Å². The van der Waals surface area contributed by atoms with Gasteiger partial charge in [0.1, 0.15) is 6.10 Å². The van der Waals surface area contributed by atoms with E-state index in [4.69, 9.17) is 9.47 Å². The minimum atomic E-state index is -0.0393. The molecule has 0 unspecified atom stereocenters. The molecule has 0 fully saturated rings. The van der Waals surface area contributed by atoms with Gasteiger partial charge in [0, 0.05) is 13.0 Å². The van der Waals surface area contributed by atoms with Crippen molar-refractivity contribution in [2.45, 2.75) is 266 Å². The average molecular weight is 794 g/mol. The minimum Gasteiger partial charge on any atom is -0.465 e. The third-order valence-corrected chi connectivity index (χ3v) is 11.8. The van der Waals surface area contributed by atoms with Crippen LogP contribution in [-0.2, 0) is 19.1 Å². The van der Waals surface area contributed by atoms with Gasteiger partial charge >= 0.3 is 11.9 Å². The van der Waals surface area contributed by atoms with Crippen molar-refractivity contribution in [3.63, 3.8) is 0 Å². The molecule has 56 heavy (non-hydrogen) atoms. The second-order valence-electron chi connectivity index (χ2n) is 19.2. The van der Waals surface area contributed by atoms with Crippen LogP contribution in [0.5, 0.6) is 0 Å². The zero-order valence-electron chi connectivity index (χ0n) is 39.0. The number of aliphatic hydroxyl groups excluding tert-OH is 1. The second kappa shape index (κ2) is 38.1. The van der Waals surface area contributed by atoms with Crippen molar-refractivity contribution in [1.29, 1.82) is 0 Å². The van der Waals surface area contributed by atoms with E-state index >= 15 is 0 Å². The van der Waals surface area contributed by atoms with E-state index in [1.165, 1.54) is 135 Å². The number of carbonyl (C=O) groups excluding carboxylic acids is 2. The van der Waals surface area contributed by atoms with Crippen LogP contribution in [0.3, 0.4) is 0 Å². The lowest BCUT2D eigenvalue weighted by atomic mass is 9.83. The van der Waals surface area contributed by atoms with E-state index in [2.05, 4.69) is 53.4 Å². The Morgan fingerprint density at radius 1 is 0.500 bits per heavy atom. The van der Waals surface area contributed by atoms with Gasteiger partial charge < -0.3 is 19.5 Å². The van der Waals surface area contributed by atoms with Gasteiger partial charge in [0.15, 0.2) is 0 Å². The zero-order chi connectivity index (χ0) is 41.6. The van der Waals surface area contributed by atoms with E-state index < -0.39 is 0 Å². The van der Waals surface area contributed by atoms with E-state index in [1.54, 1.807) is 0 Å². The van der Waals surface area contributed by atoms with Crippen LogP contribution in [-0.4, -0.2) is 60.9 Å². The Labute approximate surface area is 350 Å². The summed E-state index contributed by atoms with van der Waals surface area (Å²) in [6.07, 6.45) is 38.1. The van der Waals surface area contributed by atoms with Gasteiger partial charge in [-0.15, -0.1) is 0 Å². The number of unbranched alkanes of at least 4 members (excludes halogenated alkanes) is 21. The summed E-state index contributed by atoms with van der Waals surface area (Å²) < 4.78 is 11.9. The molecule has 0 aromatic rings. The summed E-state index contributed by atoms with van der Waals surface area (Å²) in [7, 11) is 0. The molecule has 0 aromatic heterocycles. The fourth-order valence-corrected chi connectivity index (χ4v) is 7.93. The van der Waals surface area contributed by atoms with Gasteiger partial charge in [0.05, 0.1) is 13.0 Å². The predicted molar refractivity (Wildman–Crippen MR) is 241 cm³/mol. The standard InChI is InChI=1S/C50H99NO5/c1-8-11-14-17-20-23-28-37-47(53)55-45-50(6,7)39-30-25-32-41-51(42-33-34-43-52)40-31-24-29-38-49(4,5)44-48(54)56-46(35-26-21-18-15-12-9-2)36-27-22-19-16-13-10-3/h46,52H,8-45H2,1-7H3. The summed E-state index contributed by atoms with van der Waals surface area (Å²) in [6, 6.07) is 0. The van der Waals surface area contributed by atoms with Crippen LogP contribution in [0.2, 0.25) is 0 Å². The average Bonchev–Trinajstić information content (AvgIpc) is 3.15. The van der Waals surface area contributed by atoms with Crippen molar-refractivity contribution in [3.8, 4) is 0 Å². The first-order valence-electron chi connectivity index (χ1n) is 24.7. The van der Waals surface area contributed by atoms with E-state index in [0.717, 1.165) is 83.8 Å². The number of hydrogen-bond acceptors (Lipinski definition) is 6. The fraction of sp³-hybridized carbons (Fsp3) is 0.960. The topological polar surface area (TPSA) is 76.1 Å². The van der Waals surface area contributed by atoms with Crippen molar-refractivity contribution in [2.75, 3.05) is 32.8 Å². The molecular formula is C50H99NO5. The maximum Gasteiger partial charge on any atom is 0.306 e. The maximum absolute atomic E-state index is 13.2. The molecule has 0 atom stereocenters. The van der Waals surface area contributed by atoms with E-state index in [0.29, 0.717) is 19.4 Å². The molecule has 0 aliphatic heterocycles. The van der Waals surface area contributed by atoms with Crippen LogP contribution in [0.25, 0.3) is 0 Å². The Balaban J connectivity index is 4.50. The van der Waals surface area contributed by atoms with E-state index in [9.17, 15) is 14.7 Å². The smallest absolute Gasteiger partial charge is 0.306 e. The highest BCUT2D eigenvalue weighted by Crippen LogP contribution is 2.30. The first-order chi connectivity index (χ1) is 27.0. The van der Waals surface area contributed by atoms with Crippen LogP contribution in [0.4, 0.5) is 0 Å². The molecule has 0 saturated heterocycles. The van der Waals surface area contributed by atoms with Crippen molar-refractivity contribution < 1.29 is 24.2 Å². The molecule has 0 rings (SSSR count). The summed E-state index contributed by atoms with van der Waals surface area (Å²) in [4.78, 5) is 28.1. The normalized spacial score (nSPS) is 12.2. The van der Waals surface area contributed by atoms with Crippen molar-refractivity contribution >= 4 is 11.9 Å². The highest BCUT2D eigenvalue weighted by Gasteiger charge is 2.25. The lowest BCUT2D eigenvalue weighted by Gasteiger charge is -2.26. The lowest BCUT2D eigenvalue weighted by molar-refractivity contribution is -0.152. The second-order valence-corrected chi connectivity index (χ2v) is 19.2. The van der Waals surface area contributed by atoms with Gasteiger partial charge in [-0.25, -0.2) is 0 Å². The summed E-state index contributed by atoms with van der Waals surface area (Å²) in [5.41, 5.74) is -0.0215. The van der Waals surface area contributed by atoms with Crippen LogP contribution in [0.15, 0.2) is 0 Å². The number of carbonyl (C=O) groups is 2. The fourth-order valence-electron chi connectivity index (χ4n) is 7.93. The van der Waals surface area contributed by atoms with Crippen molar-refractivity contribution in [1.82, 2.24) is 4.90 Å². The number of aliphatic hydroxyl groups is 1. The molecule has 0 aromatic carbocycles. The van der Waals surface area contributed by atoms with Gasteiger partial charge in [-0.3, -0.25) is 9.59 Å². The van der Waals surface area contributed by atoms with Gasteiger partial charge in [0.2, 0.25) is 0 Å². The summed E-state index contributed by atoms with van der Waals surface area (Å²) >= 11 is 0. The van der Waals surface area contributed by atoms with Crippen LogP contribution < -0.4 is 0 Å². The van der Waals surface area contributed by atoms with E-state index in [-0.39, 0.29) is 35.5 Å². The molecule has 0 radical (unpaired) electrons. The molecule has 0 amide bonds. The van der Waals surface area contributed by atoms with Crippen LogP contribution >= 0.6 is 0 Å². The molecule has 0 spiro atoms. The highest BCUT2D eigenvalue weighted by molar-refractivity contribution is 5.70. The Hall–Kier alpha value is -1.14. The maximum atomic E-state index is 13.2. The minimum absolute atomic E-state index is 0.00947. The molecule has 334 valence electrons. The lowest BCUT2D eigenvalue weighted by Crippen LogP contribution is -2.28. The van der Waals surface area contributed by atoms with Crippen molar-refractivity contribution in [2.24, 2.45) is 10.8 Å². The monoisotopic (exact) mass is 794 g/mol. The Kier molecular flexibility index (Phi) is 37.3. The van der Waals surface area contributed by atoms with Crippen molar-refractivity contribution in [3.05, 3.63) is 0 Å². The molecule has 0 aliphatic rings. The third-order valence-electron chi connectivity index (χ3n) is 11.8. The van der Waals surface area contributed by atoms with Gasteiger partial charge in [0.25, 0.3) is 0 Å². The Morgan fingerprint density at radius 3 is 1.39 bits per heavy atom. The van der Waals surface area contributed by atoms with Gasteiger partial charge in [-0.05, 0) is 101 Å². The summed E-state index contributed by atoms with van der Waals surface area (Å²) in [5, 5.41) is 9.37. The molecule has 6 heteroatoms. The molecular weight excluding hydrogens is 695 g/mol. The number of rotatable bonds is 43. The number of hydrogen-bond donors (Lipinski definition) is 1. The number of nitrogens with zero attached hydrogens (tertiary/aromatic N) is 1. The largest absolute Gasteiger partial charge is 0.465 e. The Morgan fingerprint density at radius 2 is 0.911 bits per heavy atom. The molecule has 0 aliphatic carbocycles. The van der Waals surface area contributed by atoms with E-state index in [1.807, 2.05) is 0 Å². The van der Waals surface area contributed by atoms with Crippen LogP contribution in [0.1, 0.15) is 260 Å². The number of ether oxygens (including phenoxy) is 2. The number of esters is 2. The molecule has 0 bridgehead atoms. The first-order valence-corrected chi connectivity index (χ1v) is 24.7. The summed E-state index contributed by atoms with van der Waals surface area (Å²) in [5.74, 6) is -0.0206. The molecule has 0 saturated carbocycles.